The van der Waals surface area contributed by atoms with Gasteiger partial charge in [-0.25, -0.2) is 0 Å². The molecule has 0 saturated heterocycles. The second-order valence-electron chi connectivity index (χ2n) is 7.94. The fourth-order valence-corrected chi connectivity index (χ4v) is 5.31. The zero-order chi connectivity index (χ0) is 17.5. The number of hydrogen-bond acceptors (Lipinski definition) is 2. The van der Waals surface area contributed by atoms with Crippen molar-refractivity contribution in [3.05, 3.63) is 71.8 Å². The normalized spacial score (nSPS) is 19.6. The van der Waals surface area contributed by atoms with Crippen molar-refractivity contribution < 1.29 is 9.90 Å². The Hall–Kier alpha value is -1.97. The van der Waals surface area contributed by atoms with E-state index in [4.69, 9.17) is 0 Å². The van der Waals surface area contributed by atoms with Crippen LogP contribution in [0.3, 0.4) is 0 Å². The van der Waals surface area contributed by atoms with E-state index < -0.39 is 13.7 Å². The molecule has 0 fully saturated rings. The predicted octanol–water partition coefficient (Wildman–Crippen LogP) is 5.02. The lowest BCUT2D eigenvalue weighted by Gasteiger charge is -2.35. The van der Waals surface area contributed by atoms with Gasteiger partial charge in [0.1, 0.15) is 0 Å². The number of ketones is 1. The van der Waals surface area contributed by atoms with Crippen LogP contribution in [0.15, 0.2) is 60.7 Å². The molecular formula is C21H24O2Si. The van der Waals surface area contributed by atoms with Gasteiger partial charge in [-0.1, -0.05) is 73.7 Å². The number of aliphatic hydroxyl groups is 1. The highest BCUT2D eigenvalue weighted by Crippen LogP contribution is 2.45. The van der Waals surface area contributed by atoms with Crippen molar-refractivity contribution in [3.8, 4) is 11.1 Å². The monoisotopic (exact) mass is 336 g/mol. The maximum absolute atomic E-state index is 13.1. The minimum absolute atomic E-state index is 0.214. The van der Waals surface area contributed by atoms with Gasteiger partial charge in [0.15, 0.2) is 11.4 Å². The summed E-state index contributed by atoms with van der Waals surface area (Å²) in [5.41, 5.74) is 2.58. The van der Waals surface area contributed by atoms with Crippen LogP contribution in [0.1, 0.15) is 22.3 Å². The van der Waals surface area contributed by atoms with Gasteiger partial charge in [-0.15, -0.1) is 6.58 Å². The maximum atomic E-state index is 13.1. The standard InChI is InChI=1S/C21H24O2Si/c1-15(14-24(2,3)4)13-21(23)19-12-8-7-10-17(19)16-9-5-6-11-18(16)20(21)22/h5-12,23H,1,13-14H2,2-4H3. The molecule has 0 saturated carbocycles. The lowest BCUT2D eigenvalue weighted by molar-refractivity contribution is 0.0294. The van der Waals surface area contributed by atoms with Crippen LogP contribution >= 0.6 is 0 Å². The Morgan fingerprint density at radius 3 is 2.17 bits per heavy atom. The molecule has 0 amide bonds. The Morgan fingerprint density at radius 1 is 1.00 bits per heavy atom. The van der Waals surface area contributed by atoms with Gasteiger partial charge in [0, 0.05) is 20.1 Å². The van der Waals surface area contributed by atoms with E-state index in [2.05, 4.69) is 26.2 Å². The molecule has 0 spiro atoms. The minimum atomic E-state index is -1.51. The first-order valence-corrected chi connectivity index (χ1v) is 12.1. The number of benzene rings is 2. The van der Waals surface area contributed by atoms with E-state index in [9.17, 15) is 9.90 Å². The average Bonchev–Trinajstić information content (AvgIpc) is 2.51. The number of carbonyl (C=O) groups excluding carboxylic acids is 1. The smallest absolute Gasteiger partial charge is 0.199 e. The highest BCUT2D eigenvalue weighted by atomic mass is 28.3. The Bertz CT molecular complexity index is 817. The van der Waals surface area contributed by atoms with Gasteiger partial charge in [-0.3, -0.25) is 4.79 Å². The largest absolute Gasteiger partial charge is 0.377 e. The molecule has 1 aliphatic rings. The average molecular weight is 337 g/mol. The Balaban J connectivity index is 2.09. The summed E-state index contributed by atoms with van der Waals surface area (Å²) in [5, 5.41) is 11.4. The van der Waals surface area contributed by atoms with Crippen LogP contribution in [-0.2, 0) is 5.60 Å². The van der Waals surface area contributed by atoms with Crippen molar-refractivity contribution in [2.24, 2.45) is 0 Å². The third kappa shape index (κ3) is 2.90. The molecule has 1 atom stereocenters. The van der Waals surface area contributed by atoms with Crippen molar-refractivity contribution in [2.45, 2.75) is 37.7 Å². The molecule has 0 aliphatic heterocycles. The van der Waals surface area contributed by atoms with Gasteiger partial charge in [0.05, 0.1) is 0 Å². The van der Waals surface area contributed by atoms with Crippen LogP contribution in [-0.4, -0.2) is 19.0 Å². The summed E-state index contributed by atoms with van der Waals surface area (Å²) in [4.78, 5) is 13.1. The van der Waals surface area contributed by atoms with Crippen LogP contribution in [0.5, 0.6) is 0 Å². The Labute approximate surface area is 144 Å². The Morgan fingerprint density at radius 2 is 1.54 bits per heavy atom. The van der Waals surface area contributed by atoms with Crippen molar-refractivity contribution in [2.75, 3.05) is 0 Å². The van der Waals surface area contributed by atoms with Crippen LogP contribution in [0, 0.1) is 0 Å². The number of Topliss-reactive ketones (excluding diaryl/α,β-unsaturated/α-hetero) is 1. The molecule has 0 aromatic heterocycles. The summed E-state index contributed by atoms with van der Waals surface area (Å²) >= 11 is 0. The fraction of sp³-hybridized carbons (Fsp3) is 0.286. The van der Waals surface area contributed by atoms with Gasteiger partial charge in [-0.2, -0.15) is 0 Å². The number of hydrogen-bond donors (Lipinski definition) is 1. The molecule has 124 valence electrons. The van der Waals surface area contributed by atoms with Crippen LogP contribution in [0.2, 0.25) is 25.7 Å². The van der Waals surface area contributed by atoms with Gasteiger partial charge < -0.3 is 5.11 Å². The molecule has 1 N–H and O–H groups in total. The molecule has 2 aromatic rings. The molecule has 0 radical (unpaired) electrons. The molecule has 0 heterocycles. The van der Waals surface area contributed by atoms with Crippen molar-refractivity contribution in [1.29, 1.82) is 0 Å². The quantitative estimate of drug-likeness (QED) is 0.628. The van der Waals surface area contributed by atoms with Gasteiger partial charge >= 0.3 is 0 Å². The summed E-state index contributed by atoms with van der Waals surface area (Å²) in [6.07, 6.45) is 0.293. The molecule has 0 bridgehead atoms. The van der Waals surface area contributed by atoms with Crippen LogP contribution < -0.4 is 0 Å². The molecule has 1 aliphatic carbocycles. The number of rotatable bonds is 4. The van der Waals surface area contributed by atoms with Crippen molar-refractivity contribution in [3.63, 3.8) is 0 Å². The first kappa shape index (κ1) is 16.9. The first-order chi connectivity index (χ1) is 11.2. The van der Waals surface area contributed by atoms with E-state index >= 15 is 0 Å². The summed E-state index contributed by atoms with van der Waals surface area (Å²) in [7, 11) is -1.35. The third-order valence-electron chi connectivity index (χ3n) is 4.50. The van der Waals surface area contributed by atoms with E-state index in [0.29, 0.717) is 17.5 Å². The van der Waals surface area contributed by atoms with E-state index in [-0.39, 0.29) is 5.78 Å². The Kier molecular flexibility index (Phi) is 4.10. The topological polar surface area (TPSA) is 37.3 Å². The lowest BCUT2D eigenvalue weighted by atomic mass is 9.72. The van der Waals surface area contributed by atoms with Crippen molar-refractivity contribution >= 4 is 13.9 Å². The molecular weight excluding hydrogens is 312 g/mol. The van der Waals surface area contributed by atoms with E-state index in [1.54, 1.807) is 6.07 Å². The molecule has 24 heavy (non-hydrogen) atoms. The molecule has 2 nitrogen and oxygen atoms in total. The highest BCUT2D eigenvalue weighted by molar-refractivity contribution is 6.76. The summed E-state index contributed by atoms with van der Waals surface area (Å²) in [5.74, 6) is -0.214. The van der Waals surface area contributed by atoms with Gasteiger partial charge in [-0.05, 0) is 22.7 Å². The van der Waals surface area contributed by atoms with E-state index in [0.717, 1.165) is 22.7 Å². The van der Waals surface area contributed by atoms with Gasteiger partial charge in [0.25, 0.3) is 0 Å². The molecule has 1 unspecified atom stereocenters. The van der Waals surface area contributed by atoms with E-state index in [1.165, 1.54) is 0 Å². The summed E-state index contributed by atoms with van der Waals surface area (Å²) in [6.45, 7) is 11.0. The second-order valence-corrected chi connectivity index (χ2v) is 13.4. The van der Waals surface area contributed by atoms with Crippen LogP contribution in [0.4, 0.5) is 0 Å². The van der Waals surface area contributed by atoms with E-state index in [1.807, 2.05) is 42.5 Å². The highest BCUT2D eigenvalue weighted by Gasteiger charge is 2.44. The SMILES string of the molecule is C=C(CC1(O)C(=O)c2ccccc2-c2ccccc21)C[Si](C)(C)C. The molecule has 2 aromatic carbocycles. The predicted molar refractivity (Wildman–Crippen MR) is 102 cm³/mol. The second kappa shape index (κ2) is 5.83. The fourth-order valence-electron chi connectivity index (χ4n) is 3.69. The summed E-state index contributed by atoms with van der Waals surface area (Å²) < 4.78 is 0. The zero-order valence-electron chi connectivity index (χ0n) is 14.6. The number of fused-ring (bicyclic) bond motifs is 3. The number of carbonyl (C=O) groups is 1. The maximum Gasteiger partial charge on any atom is 0.199 e. The third-order valence-corrected chi connectivity index (χ3v) is 6.06. The molecule has 3 heteroatoms. The zero-order valence-corrected chi connectivity index (χ0v) is 15.6. The molecule has 3 rings (SSSR count). The van der Waals surface area contributed by atoms with Gasteiger partial charge in [0.2, 0.25) is 0 Å². The van der Waals surface area contributed by atoms with Crippen molar-refractivity contribution in [1.82, 2.24) is 0 Å². The summed E-state index contributed by atoms with van der Waals surface area (Å²) in [6, 6.07) is 16.1. The minimum Gasteiger partial charge on any atom is -0.377 e. The van der Waals surface area contributed by atoms with Crippen LogP contribution in [0.25, 0.3) is 11.1 Å². The lowest BCUT2D eigenvalue weighted by Crippen LogP contribution is -2.40. The first-order valence-electron chi connectivity index (χ1n) is 8.35.